The van der Waals surface area contributed by atoms with E-state index in [0.29, 0.717) is 20.8 Å². The number of benzene rings is 1. The van der Waals surface area contributed by atoms with Crippen LogP contribution in [0.1, 0.15) is 40.9 Å². The smallest absolute Gasteiger partial charge is 0.358 e. The van der Waals surface area contributed by atoms with Crippen LogP contribution in [0.15, 0.2) is 47.5 Å². The zero-order chi connectivity index (χ0) is 28.0. The van der Waals surface area contributed by atoms with E-state index < -0.39 is 58.1 Å². The normalized spacial score (nSPS) is 25.1. The van der Waals surface area contributed by atoms with Crippen molar-refractivity contribution in [3.05, 3.63) is 58.5 Å². The molecule has 0 spiro atoms. The summed E-state index contributed by atoms with van der Waals surface area (Å²) in [7, 11) is -1.03. The fraction of sp³-hybridized carbons (Fsp3) is 0.360. The first-order valence-electron chi connectivity index (χ1n) is 12.1. The van der Waals surface area contributed by atoms with Gasteiger partial charge in [0.15, 0.2) is 0 Å². The number of thiazole rings is 1. The van der Waals surface area contributed by atoms with Gasteiger partial charge in [0, 0.05) is 37.3 Å². The van der Waals surface area contributed by atoms with Gasteiger partial charge in [0.05, 0.1) is 28.5 Å². The molecule has 5 atom stereocenters. The first-order valence-corrected chi connectivity index (χ1v) is 14.3. The maximum absolute atomic E-state index is 13.7. The number of aliphatic hydroxyl groups is 1. The number of amides is 1. The number of rotatable bonds is 6. The van der Waals surface area contributed by atoms with E-state index in [2.05, 4.69) is 4.98 Å². The van der Waals surface area contributed by atoms with Gasteiger partial charge in [0.25, 0.3) is 16.3 Å². The standard InChI is InChI=1S/C25H24N4O8S2/c1-11-16(15-9-28-10-26-20(22(28)38-15)39(34,35)27(3)4)19(29-18(11)17(12(2)30)21(29)31)24(33)37-25-14-8-6-5-7-13(14)23(32)36-25/h5-12,17-18,25,30H,1-4H3/t11-,12+,17+,18+,25?/m0/s1. The molecule has 5 heterocycles. The fourth-order valence-electron chi connectivity index (χ4n) is 5.49. The van der Waals surface area contributed by atoms with Crippen molar-refractivity contribution in [3.8, 4) is 0 Å². The van der Waals surface area contributed by atoms with Crippen molar-refractivity contribution in [2.75, 3.05) is 14.1 Å². The number of imidazole rings is 1. The number of cyclic esters (lactones) is 1. The molecule has 0 aliphatic carbocycles. The minimum atomic E-state index is -3.84. The van der Waals surface area contributed by atoms with Gasteiger partial charge in [-0.25, -0.2) is 27.3 Å². The molecular weight excluding hydrogens is 548 g/mol. The lowest BCUT2D eigenvalue weighted by Crippen LogP contribution is -2.63. The number of carbonyl (C=O) groups is 3. The quantitative estimate of drug-likeness (QED) is 0.344. The molecule has 1 N–H and O–H groups in total. The van der Waals surface area contributed by atoms with Crippen molar-refractivity contribution in [2.45, 2.75) is 37.3 Å². The van der Waals surface area contributed by atoms with Gasteiger partial charge in [-0.1, -0.05) is 25.1 Å². The molecule has 0 saturated carbocycles. The molecule has 1 saturated heterocycles. The molecule has 2 aromatic heterocycles. The highest BCUT2D eigenvalue weighted by atomic mass is 32.2. The summed E-state index contributed by atoms with van der Waals surface area (Å²) in [6, 6.07) is 6.04. The number of fused-ring (bicyclic) bond motifs is 3. The molecule has 39 heavy (non-hydrogen) atoms. The Morgan fingerprint density at radius 3 is 2.67 bits per heavy atom. The molecular formula is C25H24N4O8S2. The predicted octanol–water partition coefficient (Wildman–Crippen LogP) is 1.63. The summed E-state index contributed by atoms with van der Waals surface area (Å²) >= 11 is 1.11. The van der Waals surface area contributed by atoms with Crippen LogP contribution in [0.3, 0.4) is 0 Å². The van der Waals surface area contributed by atoms with E-state index in [0.717, 1.165) is 15.6 Å². The molecule has 204 valence electrons. The van der Waals surface area contributed by atoms with Crippen LogP contribution in [0.4, 0.5) is 0 Å². The Morgan fingerprint density at radius 2 is 1.97 bits per heavy atom. The van der Waals surface area contributed by atoms with E-state index in [1.165, 1.54) is 32.2 Å². The van der Waals surface area contributed by atoms with Crippen molar-refractivity contribution in [1.82, 2.24) is 18.6 Å². The van der Waals surface area contributed by atoms with Crippen molar-refractivity contribution >= 4 is 49.6 Å². The van der Waals surface area contributed by atoms with Crippen LogP contribution in [0.2, 0.25) is 0 Å². The number of esters is 2. The number of hydrogen-bond donors (Lipinski definition) is 1. The number of sulfonamides is 1. The molecule has 0 bridgehead atoms. The molecule has 6 rings (SSSR count). The van der Waals surface area contributed by atoms with Crippen LogP contribution in [0.5, 0.6) is 0 Å². The second-order valence-corrected chi connectivity index (χ2v) is 13.0. The Hall–Kier alpha value is -3.59. The van der Waals surface area contributed by atoms with Crippen LogP contribution in [-0.2, 0) is 29.1 Å². The molecule has 12 nitrogen and oxygen atoms in total. The van der Waals surface area contributed by atoms with E-state index in [1.807, 2.05) is 6.92 Å². The predicted molar refractivity (Wildman–Crippen MR) is 137 cm³/mol. The molecule has 1 amide bonds. The summed E-state index contributed by atoms with van der Waals surface area (Å²) in [4.78, 5) is 45.4. The van der Waals surface area contributed by atoms with E-state index in [4.69, 9.17) is 9.47 Å². The van der Waals surface area contributed by atoms with Crippen molar-refractivity contribution in [1.29, 1.82) is 0 Å². The first-order chi connectivity index (χ1) is 18.4. The van der Waals surface area contributed by atoms with Gasteiger partial charge in [-0.05, 0) is 13.0 Å². The third-order valence-corrected chi connectivity index (χ3v) is 10.4. The summed E-state index contributed by atoms with van der Waals surface area (Å²) in [5.41, 5.74) is 1.13. The molecule has 0 radical (unpaired) electrons. The van der Waals surface area contributed by atoms with Gasteiger partial charge in [0.2, 0.25) is 10.9 Å². The molecule has 3 aliphatic rings. The van der Waals surface area contributed by atoms with Crippen LogP contribution < -0.4 is 0 Å². The van der Waals surface area contributed by atoms with Gasteiger partial charge < -0.3 is 19.5 Å². The summed E-state index contributed by atoms with van der Waals surface area (Å²) in [5, 5.41) is 10.2. The van der Waals surface area contributed by atoms with Crippen LogP contribution in [-0.4, -0.2) is 76.2 Å². The molecule has 1 aromatic carbocycles. The second-order valence-electron chi connectivity index (χ2n) is 9.89. The Labute approximate surface area is 227 Å². The highest BCUT2D eigenvalue weighted by Crippen LogP contribution is 2.52. The highest BCUT2D eigenvalue weighted by molar-refractivity contribution is 7.89. The second kappa shape index (κ2) is 8.71. The Morgan fingerprint density at radius 1 is 1.26 bits per heavy atom. The van der Waals surface area contributed by atoms with E-state index in [-0.39, 0.29) is 16.3 Å². The van der Waals surface area contributed by atoms with Crippen molar-refractivity contribution in [3.63, 3.8) is 0 Å². The summed E-state index contributed by atoms with van der Waals surface area (Å²) in [5.74, 6) is -3.03. The average molecular weight is 573 g/mol. The molecule has 3 aliphatic heterocycles. The average Bonchev–Trinajstić information content (AvgIpc) is 3.59. The zero-order valence-corrected chi connectivity index (χ0v) is 22.9. The van der Waals surface area contributed by atoms with Crippen molar-refractivity contribution < 1.29 is 37.4 Å². The number of aromatic nitrogens is 2. The van der Waals surface area contributed by atoms with Gasteiger partial charge in [-0.15, -0.1) is 11.3 Å². The molecule has 1 fully saturated rings. The third-order valence-electron chi connectivity index (χ3n) is 7.40. The largest absolute Gasteiger partial charge is 0.417 e. The minimum absolute atomic E-state index is 0.0238. The number of hydrogen-bond acceptors (Lipinski definition) is 10. The number of ether oxygens (including phenoxy) is 2. The van der Waals surface area contributed by atoms with Crippen LogP contribution in [0, 0.1) is 11.8 Å². The highest BCUT2D eigenvalue weighted by Gasteiger charge is 2.60. The van der Waals surface area contributed by atoms with Crippen LogP contribution in [0.25, 0.3) is 10.4 Å². The lowest BCUT2D eigenvalue weighted by molar-refractivity contribution is -0.173. The van der Waals surface area contributed by atoms with Crippen LogP contribution >= 0.6 is 11.3 Å². The number of aliphatic hydroxyl groups excluding tert-OH is 1. The monoisotopic (exact) mass is 572 g/mol. The van der Waals surface area contributed by atoms with Gasteiger partial charge >= 0.3 is 11.9 Å². The van der Waals surface area contributed by atoms with Crippen molar-refractivity contribution in [2.24, 2.45) is 11.8 Å². The maximum Gasteiger partial charge on any atom is 0.358 e. The van der Waals surface area contributed by atoms with Gasteiger partial charge in [-0.3, -0.25) is 9.20 Å². The summed E-state index contributed by atoms with van der Waals surface area (Å²) in [6.45, 7) is 3.36. The Balaban J connectivity index is 1.45. The Bertz CT molecular complexity index is 1700. The topological polar surface area (TPSA) is 148 Å². The SMILES string of the molecule is C[C@@H](O)[C@H]1C(=O)N2C(C(=O)OC3OC(=O)c4ccccc43)=C(c3cn4cnc(S(=O)(=O)N(C)C)c4s3)[C@H](C)[C@H]12. The minimum Gasteiger partial charge on any atom is -0.417 e. The van der Waals surface area contributed by atoms with E-state index in [9.17, 15) is 27.9 Å². The lowest BCUT2D eigenvalue weighted by Gasteiger charge is -2.46. The van der Waals surface area contributed by atoms with Gasteiger partial charge in [-0.2, -0.15) is 0 Å². The molecule has 3 aromatic rings. The zero-order valence-electron chi connectivity index (χ0n) is 21.3. The number of carbonyl (C=O) groups excluding carboxylic acids is 3. The first kappa shape index (κ1) is 25.7. The molecule has 1 unspecified atom stereocenters. The molecule has 14 heteroatoms. The summed E-state index contributed by atoms with van der Waals surface area (Å²) in [6.07, 6.45) is 0.797. The fourth-order valence-corrected chi connectivity index (χ4v) is 7.89. The van der Waals surface area contributed by atoms with E-state index in [1.54, 1.807) is 34.9 Å². The Kier molecular flexibility index (Phi) is 5.73. The van der Waals surface area contributed by atoms with Gasteiger partial charge in [0.1, 0.15) is 16.9 Å². The van der Waals surface area contributed by atoms with E-state index >= 15 is 0 Å². The maximum atomic E-state index is 13.7. The lowest BCUT2D eigenvalue weighted by atomic mass is 9.77. The number of β-lactam (4-membered cyclic amide) rings is 1. The number of nitrogens with zero attached hydrogens (tertiary/aromatic N) is 4. The third kappa shape index (κ3) is 3.58. The summed E-state index contributed by atoms with van der Waals surface area (Å²) < 4.78 is 39.2.